The van der Waals surface area contributed by atoms with Crippen molar-refractivity contribution in [1.29, 1.82) is 0 Å². The first-order valence-corrected chi connectivity index (χ1v) is 7.47. The molecular formula is C16H24F2N2. The van der Waals surface area contributed by atoms with E-state index in [1.165, 1.54) is 31.4 Å². The minimum atomic E-state index is -0.773. The summed E-state index contributed by atoms with van der Waals surface area (Å²) in [7, 11) is 0. The highest BCUT2D eigenvalue weighted by Gasteiger charge is 2.22. The number of hydrogen-bond donors (Lipinski definition) is 1. The third-order valence-corrected chi connectivity index (χ3v) is 3.88. The number of likely N-dealkylation sites (tertiary alicyclic amines) is 1. The van der Waals surface area contributed by atoms with Crippen molar-refractivity contribution in [3.63, 3.8) is 0 Å². The van der Waals surface area contributed by atoms with Gasteiger partial charge in [-0.2, -0.15) is 0 Å². The molecule has 0 saturated carbocycles. The monoisotopic (exact) mass is 282 g/mol. The number of halogens is 2. The molecule has 0 bridgehead atoms. The number of piperidine rings is 1. The molecule has 20 heavy (non-hydrogen) atoms. The Labute approximate surface area is 120 Å². The van der Waals surface area contributed by atoms with E-state index in [1.807, 2.05) is 0 Å². The van der Waals surface area contributed by atoms with Gasteiger partial charge in [-0.25, -0.2) is 8.78 Å². The van der Waals surface area contributed by atoms with Crippen LogP contribution < -0.4 is 5.32 Å². The SMILES string of the molecule is CC(C)NCC1CCCCN1Cc1ccc(F)c(F)c1. The lowest BCUT2D eigenvalue weighted by Crippen LogP contribution is -2.46. The average molecular weight is 282 g/mol. The summed E-state index contributed by atoms with van der Waals surface area (Å²) in [6, 6.07) is 5.17. The fourth-order valence-electron chi connectivity index (χ4n) is 2.74. The minimum absolute atomic E-state index is 0.474. The molecule has 0 aliphatic carbocycles. The molecule has 4 heteroatoms. The molecule has 1 N–H and O–H groups in total. The molecule has 0 amide bonds. The fraction of sp³-hybridized carbons (Fsp3) is 0.625. The molecular weight excluding hydrogens is 258 g/mol. The second-order valence-corrected chi connectivity index (χ2v) is 5.93. The van der Waals surface area contributed by atoms with Crippen LogP contribution in [0.5, 0.6) is 0 Å². The molecule has 1 saturated heterocycles. The highest BCUT2D eigenvalue weighted by Crippen LogP contribution is 2.20. The minimum Gasteiger partial charge on any atom is -0.313 e. The number of hydrogen-bond acceptors (Lipinski definition) is 2. The van der Waals surface area contributed by atoms with Crippen LogP contribution >= 0.6 is 0 Å². The molecule has 1 atom stereocenters. The van der Waals surface area contributed by atoms with Crippen LogP contribution in [0.25, 0.3) is 0 Å². The topological polar surface area (TPSA) is 15.3 Å². The van der Waals surface area contributed by atoms with Gasteiger partial charge in [-0.3, -0.25) is 4.90 Å². The van der Waals surface area contributed by atoms with E-state index in [-0.39, 0.29) is 0 Å². The third kappa shape index (κ3) is 4.25. The molecule has 1 aliphatic heterocycles. The molecule has 1 heterocycles. The normalized spacial score (nSPS) is 20.6. The van der Waals surface area contributed by atoms with Crippen LogP contribution in [0.3, 0.4) is 0 Å². The van der Waals surface area contributed by atoms with E-state index in [4.69, 9.17) is 0 Å². The Bertz CT molecular complexity index is 434. The van der Waals surface area contributed by atoms with Crippen LogP contribution in [0.4, 0.5) is 8.78 Å². The van der Waals surface area contributed by atoms with Crippen molar-refractivity contribution in [2.24, 2.45) is 0 Å². The van der Waals surface area contributed by atoms with Crippen molar-refractivity contribution in [3.8, 4) is 0 Å². The van der Waals surface area contributed by atoms with E-state index in [2.05, 4.69) is 24.1 Å². The van der Waals surface area contributed by atoms with Crippen molar-refractivity contribution in [2.75, 3.05) is 13.1 Å². The van der Waals surface area contributed by atoms with Gasteiger partial charge in [-0.1, -0.05) is 26.3 Å². The number of nitrogens with one attached hydrogen (secondary N) is 1. The molecule has 112 valence electrons. The van der Waals surface area contributed by atoms with Gasteiger partial charge < -0.3 is 5.32 Å². The van der Waals surface area contributed by atoms with Gasteiger partial charge in [0.15, 0.2) is 11.6 Å². The second kappa shape index (κ2) is 7.14. The van der Waals surface area contributed by atoms with Crippen molar-refractivity contribution >= 4 is 0 Å². The van der Waals surface area contributed by atoms with Crippen molar-refractivity contribution in [2.45, 2.75) is 51.7 Å². The van der Waals surface area contributed by atoms with Gasteiger partial charge >= 0.3 is 0 Å². The van der Waals surface area contributed by atoms with E-state index >= 15 is 0 Å². The Morgan fingerprint density at radius 2 is 2.05 bits per heavy atom. The van der Waals surface area contributed by atoms with E-state index < -0.39 is 11.6 Å². The van der Waals surface area contributed by atoms with E-state index in [1.54, 1.807) is 6.07 Å². The zero-order chi connectivity index (χ0) is 14.5. The first-order chi connectivity index (χ1) is 9.56. The van der Waals surface area contributed by atoms with E-state index in [0.717, 1.165) is 18.7 Å². The Morgan fingerprint density at radius 3 is 2.75 bits per heavy atom. The molecule has 1 unspecified atom stereocenters. The average Bonchev–Trinajstić information content (AvgIpc) is 2.42. The van der Waals surface area contributed by atoms with Gasteiger partial charge in [0, 0.05) is 25.2 Å². The molecule has 1 aromatic rings. The maximum atomic E-state index is 13.3. The Kier molecular flexibility index (Phi) is 5.49. The first kappa shape index (κ1) is 15.4. The maximum Gasteiger partial charge on any atom is 0.159 e. The van der Waals surface area contributed by atoms with Crippen molar-refractivity contribution in [1.82, 2.24) is 10.2 Å². The lowest BCUT2D eigenvalue weighted by Gasteiger charge is -2.36. The van der Waals surface area contributed by atoms with Gasteiger partial charge in [0.05, 0.1) is 0 Å². The molecule has 0 aromatic heterocycles. The van der Waals surface area contributed by atoms with Gasteiger partial charge in [0.25, 0.3) is 0 Å². The van der Waals surface area contributed by atoms with Crippen LogP contribution in [0.1, 0.15) is 38.7 Å². The van der Waals surface area contributed by atoms with Crippen molar-refractivity contribution < 1.29 is 8.78 Å². The van der Waals surface area contributed by atoms with Gasteiger partial charge in [0.2, 0.25) is 0 Å². The third-order valence-electron chi connectivity index (χ3n) is 3.88. The van der Waals surface area contributed by atoms with Gasteiger partial charge in [-0.05, 0) is 37.1 Å². The summed E-state index contributed by atoms with van der Waals surface area (Å²) in [5.74, 6) is -1.53. The summed E-state index contributed by atoms with van der Waals surface area (Å²) in [6.45, 7) is 6.97. The van der Waals surface area contributed by atoms with Crippen LogP contribution in [0.2, 0.25) is 0 Å². The molecule has 2 nitrogen and oxygen atoms in total. The first-order valence-electron chi connectivity index (χ1n) is 7.47. The molecule has 1 aliphatic rings. The quantitative estimate of drug-likeness (QED) is 0.891. The summed E-state index contributed by atoms with van der Waals surface area (Å²) in [4.78, 5) is 2.38. The molecule has 2 rings (SSSR count). The number of rotatable bonds is 5. The van der Waals surface area contributed by atoms with Gasteiger partial charge in [-0.15, -0.1) is 0 Å². The summed E-state index contributed by atoms with van der Waals surface area (Å²) in [5, 5.41) is 3.48. The van der Waals surface area contributed by atoms with Crippen molar-refractivity contribution in [3.05, 3.63) is 35.4 Å². The molecule has 1 fully saturated rings. The number of benzene rings is 1. The summed E-state index contributed by atoms with van der Waals surface area (Å²) >= 11 is 0. The molecule has 0 radical (unpaired) electrons. The maximum absolute atomic E-state index is 13.3. The summed E-state index contributed by atoms with van der Waals surface area (Å²) < 4.78 is 26.2. The summed E-state index contributed by atoms with van der Waals surface area (Å²) in [6.07, 6.45) is 3.60. The molecule has 1 aromatic carbocycles. The van der Waals surface area contributed by atoms with Crippen LogP contribution in [0.15, 0.2) is 18.2 Å². The van der Waals surface area contributed by atoms with Crippen LogP contribution in [-0.4, -0.2) is 30.1 Å². The zero-order valence-corrected chi connectivity index (χ0v) is 12.3. The fourth-order valence-corrected chi connectivity index (χ4v) is 2.74. The number of nitrogens with zero attached hydrogens (tertiary/aromatic N) is 1. The largest absolute Gasteiger partial charge is 0.313 e. The Balaban J connectivity index is 1.98. The van der Waals surface area contributed by atoms with Gasteiger partial charge in [0.1, 0.15) is 0 Å². The highest BCUT2D eigenvalue weighted by atomic mass is 19.2. The second-order valence-electron chi connectivity index (χ2n) is 5.93. The predicted octanol–water partition coefficient (Wildman–Crippen LogP) is 3.32. The lowest BCUT2D eigenvalue weighted by atomic mass is 10.0. The lowest BCUT2D eigenvalue weighted by molar-refractivity contribution is 0.135. The predicted molar refractivity (Wildman–Crippen MR) is 77.5 cm³/mol. The van der Waals surface area contributed by atoms with E-state index in [0.29, 0.717) is 18.6 Å². The Morgan fingerprint density at radius 1 is 1.25 bits per heavy atom. The zero-order valence-electron chi connectivity index (χ0n) is 12.3. The van der Waals surface area contributed by atoms with Crippen LogP contribution in [-0.2, 0) is 6.54 Å². The summed E-state index contributed by atoms with van der Waals surface area (Å²) in [5.41, 5.74) is 0.848. The highest BCUT2D eigenvalue weighted by molar-refractivity contribution is 5.17. The smallest absolute Gasteiger partial charge is 0.159 e. The van der Waals surface area contributed by atoms with E-state index in [9.17, 15) is 8.78 Å². The standard InChI is InChI=1S/C16H24F2N2/c1-12(2)19-10-14-5-3-4-8-20(14)11-13-6-7-15(17)16(18)9-13/h6-7,9,12,14,19H,3-5,8,10-11H2,1-2H3. The molecule has 0 spiro atoms. The Hall–Kier alpha value is -1.00. The van der Waals surface area contributed by atoms with Crippen LogP contribution in [0, 0.1) is 11.6 Å².